The summed E-state index contributed by atoms with van der Waals surface area (Å²) < 4.78 is 0.992. The number of benzene rings is 2. The number of hydrogen-bond acceptors (Lipinski definition) is 4. The molecule has 0 atom stereocenters. The summed E-state index contributed by atoms with van der Waals surface area (Å²) in [6.07, 6.45) is 1.61. The first-order valence-electron chi connectivity index (χ1n) is 8.88. The second-order valence-corrected chi connectivity index (χ2v) is 7.55. The minimum absolute atomic E-state index is 0.104. The Morgan fingerprint density at radius 1 is 0.889 bits per heavy atom. The second-order valence-electron chi connectivity index (χ2n) is 6.39. The number of anilines is 1. The fraction of sp³-hybridized carbons (Fsp3) is 0.190. The molecule has 1 aromatic heterocycles. The van der Waals surface area contributed by atoms with Gasteiger partial charge in [0.2, 0.25) is 0 Å². The summed E-state index contributed by atoms with van der Waals surface area (Å²) in [5.74, 6) is 1.01. The van der Waals surface area contributed by atoms with Crippen molar-refractivity contribution < 1.29 is 4.79 Å². The quantitative estimate of drug-likeness (QED) is 0.548. The van der Waals surface area contributed by atoms with Crippen LogP contribution in [-0.2, 0) is 0 Å². The molecule has 0 radical (unpaired) electrons. The molecule has 0 saturated carbocycles. The first-order valence-corrected chi connectivity index (χ1v) is 9.96. The smallest absolute Gasteiger partial charge is 0.255 e. The van der Waals surface area contributed by atoms with Crippen LogP contribution in [0.15, 0.2) is 67.0 Å². The van der Waals surface area contributed by atoms with Gasteiger partial charge in [0.05, 0.1) is 11.3 Å². The van der Waals surface area contributed by atoms with Crippen LogP contribution in [-0.4, -0.2) is 47.0 Å². The van der Waals surface area contributed by atoms with Gasteiger partial charge in [0, 0.05) is 41.4 Å². The van der Waals surface area contributed by atoms with E-state index in [2.05, 4.69) is 37.5 Å². The van der Waals surface area contributed by atoms with Crippen LogP contribution in [0.3, 0.4) is 0 Å². The topological polar surface area (TPSA) is 49.3 Å². The Kier molecular flexibility index (Phi) is 5.33. The second kappa shape index (κ2) is 8.04. The zero-order valence-electron chi connectivity index (χ0n) is 14.8. The van der Waals surface area contributed by atoms with Crippen molar-refractivity contribution in [2.24, 2.45) is 0 Å². The van der Waals surface area contributed by atoms with E-state index in [1.54, 1.807) is 6.33 Å². The molecule has 1 saturated heterocycles. The fourth-order valence-electron chi connectivity index (χ4n) is 3.23. The maximum atomic E-state index is 12.8. The largest absolute Gasteiger partial charge is 0.353 e. The SMILES string of the molecule is O=C(c1ccccc1I)N1CCN(c2cc(-c3ccccc3)ncn2)CC1. The summed E-state index contributed by atoms with van der Waals surface area (Å²) in [6, 6.07) is 19.9. The molecule has 4 rings (SSSR count). The Hall–Kier alpha value is -2.48. The molecular formula is C21H19IN4O. The van der Waals surface area contributed by atoms with Crippen LogP contribution in [0.1, 0.15) is 10.4 Å². The molecule has 0 aliphatic carbocycles. The summed E-state index contributed by atoms with van der Waals surface area (Å²) in [6.45, 7) is 2.91. The minimum Gasteiger partial charge on any atom is -0.353 e. The highest BCUT2D eigenvalue weighted by molar-refractivity contribution is 14.1. The van der Waals surface area contributed by atoms with E-state index in [0.717, 1.165) is 39.3 Å². The van der Waals surface area contributed by atoms with E-state index in [1.807, 2.05) is 65.6 Å². The number of rotatable bonds is 3. The van der Waals surface area contributed by atoms with Crippen LogP contribution in [0, 0.1) is 3.57 Å². The van der Waals surface area contributed by atoms with Crippen molar-refractivity contribution >= 4 is 34.3 Å². The lowest BCUT2D eigenvalue weighted by Gasteiger charge is -2.35. The lowest BCUT2D eigenvalue weighted by Crippen LogP contribution is -2.49. The number of piperazine rings is 1. The molecule has 2 aromatic carbocycles. The molecule has 0 bridgehead atoms. The maximum absolute atomic E-state index is 12.8. The zero-order valence-corrected chi connectivity index (χ0v) is 16.9. The molecule has 3 aromatic rings. The van der Waals surface area contributed by atoms with E-state index in [0.29, 0.717) is 13.1 Å². The summed E-state index contributed by atoms with van der Waals surface area (Å²) in [5, 5.41) is 0. The lowest BCUT2D eigenvalue weighted by atomic mass is 10.1. The van der Waals surface area contributed by atoms with Crippen molar-refractivity contribution in [3.8, 4) is 11.3 Å². The number of amides is 1. The molecule has 1 amide bonds. The van der Waals surface area contributed by atoms with Crippen molar-refractivity contribution in [3.63, 3.8) is 0 Å². The number of aromatic nitrogens is 2. The highest BCUT2D eigenvalue weighted by atomic mass is 127. The van der Waals surface area contributed by atoms with Crippen molar-refractivity contribution in [1.82, 2.24) is 14.9 Å². The maximum Gasteiger partial charge on any atom is 0.255 e. The summed E-state index contributed by atoms with van der Waals surface area (Å²) in [4.78, 5) is 25.8. The average molecular weight is 470 g/mol. The lowest BCUT2D eigenvalue weighted by molar-refractivity contribution is 0.0745. The van der Waals surface area contributed by atoms with Crippen LogP contribution in [0.25, 0.3) is 11.3 Å². The molecule has 0 spiro atoms. The predicted molar refractivity (Wildman–Crippen MR) is 115 cm³/mol. The van der Waals surface area contributed by atoms with Gasteiger partial charge in [0.15, 0.2) is 0 Å². The Labute approximate surface area is 172 Å². The molecule has 6 heteroatoms. The van der Waals surface area contributed by atoms with Gasteiger partial charge in [0.25, 0.3) is 5.91 Å². The Balaban J connectivity index is 1.45. The van der Waals surface area contributed by atoms with E-state index < -0.39 is 0 Å². The summed E-state index contributed by atoms with van der Waals surface area (Å²) in [7, 11) is 0. The molecular weight excluding hydrogens is 451 g/mol. The third-order valence-electron chi connectivity index (χ3n) is 4.72. The van der Waals surface area contributed by atoms with Crippen LogP contribution in [0.5, 0.6) is 0 Å². The molecule has 5 nitrogen and oxygen atoms in total. The van der Waals surface area contributed by atoms with E-state index in [-0.39, 0.29) is 5.91 Å². The van der Waals surface area contributed by atoms with Gasteiger partial charge in [-0.15, -0.1) is 0 Å². The highest BCUT2D eigenvalue weighted by Crippen LogP contribution is 2.22. The normalized spacial score (nSPS) is 14.3. The molecule has 1 aliphatic rings. The molecule has 1 fully saturated rings. The summed E-state index contributed by atoms with van der Waals surface area (Å²) >= 11 is 2.22. The van der Waals surface area contributed by atoms with Gasteiger partial charge in [-0.3, -0.25) is 4.79 Å². The number of carbonyl (C=O) groups excluding carboxylic acids is 1. The van der Waals surface area contributed by atoms with Crippen molar-refractivity contribution in [3.05, 3.63) is 76.1 Å². The van der Waals surface area contributed by atoms with Gasteiger partial charge >= 0.3 is 0 Å². The highest BCUT2D eigenvalue weighted by Gasteiger charge is 2.24. The summed E-state index contributed by atoms with van der Waals surface area (Å²) in [5.41, 5.74) is 2.77. The van der Waals surface area contributed by atoms with Crippen molar-refractivity contribution in [1.29, 1.82) is 0 Å². The van der Waals surface area contributed by atoms with Gasteiger partial charge in [-0.25, -0.2) is 9.97 Å². The van der Waals surface area contributed by atoms with Crippen molar-refractivity contribution in [2.45, 2.75) is 0 Å². The van der Waals surface area contributed by atoms with Crippen LogP contribution in [0.2, 0.25) is 0 Å². The molecule has 2 heterocycles. The number of hydrogen-bond donors (Lipinski definition) is 0. The molecule has 0 N–H and O–H groups in total. The Bertz CT molecular complexity index is 940. The first kappa shape index (κ1) is 17.9. The predicted octanol–water partition coefficient (Wildman–Crippen LogP) is 3.71. The number of carbonyl (C=O) groups is 1. The van der Waals surface area contributed by atoms with Crippen LogP contribution >= 0.6 is 22.6 Å². The fourth-order valence-corrected chi connectivity index (χ4v) is 3.85. The number of nitrogens with zero attached hydrogens (tertiary/aromatic N) is 4. The molecule has 136 valence electrons. The minimum atomic E-state index is 0.104. The van der Waals surface area contributed by atoms with Crippen molar-refractivity contribution in [2.75, 3.05) is 31.1 Å². The van der Waals surface area contributed by atoms with Gasteiger partial charge in [0.1, 0.15) is 12.1 Å². The van der Waals surface area contributed by atoms with Crippen LogP contribution in [0.4, 0.5) is 5.82 Å². The van der Waals surface area contributed by atoms with Crippen LogP contribution < -0.4 is 4.90 Å². The third-order valence-corrected chi connectivity index (χ3v) is 5.66. The van der Waals surface area contributed by atoms with Gasteiger partial charge in [-0.05, 0) is 34.7 Å². The van der Waals surface area contributed by atoms with Gasteiger partial charge in [-0.1, -0.05) is 42.5 Å². The van der Waals surface area contributed by atoms with E-state index in [1.165, 1.54) is 0 Å². The number of halogens is 1. The Morgan fingerprint density at radius 2 is 1.59 bits per heavy atom. The Morgan fingerprint density at radius 3 is 2.33 bits per heavy atom. The molecule has 27 heavy (non-hydrogen) atoms. The standard InChI is InChI=1S/C21H19IN4O/c22-18-9-5-4-8-17(18)21(27)26-12-10-25(11-13-26)20-14-19(23-15-24-20)16-6-2-1-3-7-16/h1-9,14-15H,10-13H2. The van der Waals surface area contributed by atoms with E-state index in [4.69, 9.17) is 0 Å². The average Bonchev–Trinajstić information content (AvgIpc) is 2.74. The zero-order chi connectivity index (χ0) is 18.6. The molecule has 0 unspecified atom stereocenters. The monoisotopic (exact) mass is 470 g/mol. The van der Waals surface area contributed by atoms with Gasteiger partial charge in [-0.2, -0.15) is 0 Å². The first-order chi connectivity index (χ1) is 13.2. The molecule has 1 aliphatic heterocycles. The van der Waals surface area contributed by atoms with E-state index >= 15 is 0 Å². The third kappa shape index (κ3) is 3.95. The van der Waals surface area contributed by atoms with E-state index in [9.17, 15) is 4.79 Å². The van der Waals surface area contributed by atoms with Gasteiger partial charge < -0.3 is 9.80 Å².